The first-order valence-electron chi connectivity index (χ1n) is 5.53. The van der Waals surface area contributed by atoms with Crippen LogP contribution in [0.5, 0.6) is 0 Å². The second-order valence-corrected chi connectivity index (χ2v) is 5.24. The van der Waals surface area contributed by atoms with Crippen LogP contribution in [0.15, 0.2) is 0 Å². The molecule has 2 saturated heterocycles. The fraction of sp³-hybridized carbons (Fsp3) is 1.00. The first-order valence-corrected chi connectivity index (χ1v) is 6.69. The van der Waals surface area contributed by atoms with Crippen molar-refractivity contribution in [2.45, 2.75) is 25.0 Å². The fourth-order valence-corrected chi connectivity index (χ4v) is 3.42. The number of hydrogen-bond donors (Lipinski definition) is 1. The lowest BCUT2D eigenvalue weighted by molar-refractivity contribution is -0.0366. The summed E-state index contributed by atoms with van der Waals surface area (Å²) in [5, 5.41) is 0. The van der Waals surface area contributed by atoms with Crippen LogP contribution < -0.4 is 5.73 Å². The minimum Gasteiger partial charge on any atom is -0.374 e. The third-order valence-corrected chi connectivity index (χ3v) is 4.28. The van der Waals surface area contributed by atoms with Gasteiger partial charge in [-0.15, -0.1) is 0 Å². The zero-order chi connectivity index (χ0) is 9.80. The summed E-state index contributed by atoms with van der Waals surface area (Å²) in [5.74, 6) is 2.65. The van der Waals surface area contributed by atoms with Gasteiger partial charge in [0, 0.05) is 31.4 Å². The minimum absolute atomic E-state index is 0.274. The summed E-state index contributed by atoms with van der Waals surface area (Å²) >= 11 is 2.09. The molecule has 2 aliphatic rings. The number of nitrogens with two attached hydrogens (primary N) is 1. The summed E-state index contributed by atoms with van der Waals surface area (Å²) in [6.45, 7) is 3.67. The third-order valence-electron chi connectivity index (χ3n) is 3.09. The highest BCUT2D eigenvalue weighted by atomic mass is 32.2. The summed E-state index contributed by atoms with van der Waals surface area (Å²) in [5.41, 5.74) is 5.64. The SMILES string of the molecule is NCC1CN(C2CCCSC2)CCO1. The van der Waals surface area contributed by atoms with Crippen molar-refractivity contribution in [2.75, 3.05) is 37.7 Å². The molecule has 0 spiro atoms. The molecule has 82 valence electrons. The van der Waals surface area contributed by atoms with E-state index in [1.807, 2.05) is 0 Å². The average Bonchev–Trinajstić information content (AvgIpc) is 2.30. The van der Waals surface area contributed by atoms with Gasteiger partial charge >= 0.3 is 0 Å². The first-order chi connectivity index (χ1) is 6.90. The maximum absolute atomic E-state index is 5.64. The summed E-state index contributed by atoms with van der Waals surface area (Å²) < 4.78 is 5.57. The molecule has 2 fully saturated rings. The van der Waals surface area contributed by atoms with E-state index < -0.39 is 0 Å². The highest BCUT2D eigenvalue weighted by molar-refractivity contribution is 7.99. The molecule has 2 unspecified atom stereocenters. The highest BCUT2D eigenvalue weighted by Gasteiger charge is 2.26. The van der Waals surface area contributed by atoms with Gasteiger partial charge in [-0.1, -0.05) is 0 Å². The van der Waals surface area contributed by atoms with Crippen LogP contribution in [0, 0.1) is 0 Å². The standard InChI is InChI=1S/C10H20N2OS/c11-6-10-7-12(3-4-13-10)9-2-1-5-14-8-9/h9-10H,1-8,11H2. The Bertz CT molecular complexity index is 174. The molecule has 2 rings (SSSR count). The van der Waals surface area contributed by atoms with E-state index in [1.165, 1.54) is 24.3 Å². The molecular formula is C10H20N2OS. The molecule has 0 aliphatic carbocycles. The molecule has 4 heteroatoms. The number of morpholine rings is 1. The molecule has 2 atom stereocenters. The molecule has 0 bridgehead atoms. The lowest BCUT2D eigenvalue weighted by Gasteiger charge is -2.39. The Morgan fingerprint density at radius 2 is 2.43 bits per heavy atom. The molecule has 2 N–H and O–H groups in total. The number of ether oxygens (including phenoxy) is 1. The van der Waals surface area contributed by atoms with Crippen molar-refractivity contribution in [3.63, 3.8) is 0 Å². The van der Waals surface area contributed by atoms with E-state index in [9.17, 15) is 0 Å². The smallest absolute Gasteiger partial charge is 0.0824 e. The molecule has 0 aromatic heterocycles. The van der Waals surface area contributed by atoms with Crippen LogP contribution in [0.2, 0.25) is 0 Å². The van der Waals surface area contributed by atoms with E-state index in [0.717, 1.165) is 25.7 Å². The van der Waals surface area contributed by atoms with Crippen LogP contribution in [0.25, 0.3) is 0 Å². The number of nitrogens with zero attached hydrogens (tertiary/aromatic N) is 1. The maximum Gasteiger partial charge on any atom is 0.0824 e. The summed E-state index contributed by atoms with van der Waals surface area (Å²) in [7, 11) is 0. The topological polar surface area (TPSA) is 38.5 Å². The molecule has 0 saturated carbocycles. The Kier molecular flexibility index (Phi) is 4.10. The highest BCUT2D eigenvalue weighted by Crippen LogP contribution is 2.22. The quantitative estimate of drug-likeness (QED) is 0.731. The lowest BCUT2D eigenvalue weighted by Crippen LogP contribution is -2.51. The second kappa shape index (κ2) is 5.35. The molecule has 2 aliphatic heterocycles. The zero-order valence-electron chi connectivity index (χ0n) is 8.65. The largest absolute Gasteiger partial charge is 0.374 e. The van der Waals surface area contributed by atoms with Gasteiger partial charge in [0.25, 0.3) is 0 Å². The molecule has 0 radical (unpaired) electrons. The second-order valence-electron chi connectivity index (χ2n) is 4.09. The number of thioether (sulfide) groups is 1. The van der Waals surface area contributed by atoms with Crippen molar-refractivity contribution >= 4 is 11.8 Å². The van der Waals surface area contributed by atoms with Gasteiger partial charge in [-0.2, -0.15) is 11.8 Å². The van der Waals surface area contributed by atoms with Crippen molar-refractivity contribution in [3.05, 3.63) is 0 Å². The van der Waals surface area contributed by atoms with Crippen LogP contribution in [-0.4, -0.2) is 54.8 Å². The van der Waals surface area contributed by atoms with Crippen LogP contribution in [0.1, 0.15) is 12.8 Å². The summed E-state index contributed by atoms with van der Waals surface area (Å²) in [6, 6.07) is 0.784. The molecular weight excluding hydrogens is 196 g/mol. The van der Waals surface area contributed by atoms with E-state index >= 15 is 0 Å². The van der Waals surface area contributed by atoms with Gasteiger partial charge in [-0.3, -0.25) is 4.90 Å². The predicted octanol–water partition coefficient (Wildman–Crippen LogP) is 0.541. The molecule has 14 heavy (non-hydrogen) atoms. The van der Waals surface area contributed by atoms with Gasteiger partial charge in [0.15, 0.2) is 0 Å². The van der Waals surface area contributed by atoms with Gasteiger partial charge in [-0.05, 0) is 18.6 Å². The van der Waals surface area contributed by atoms with Crippen molar-refractivity contribution in [3.8, 4) is 0 Å². The Hall–Kier alpha value is 0.230. The fourth-order valence-electron chi connectivity index (χ4n) is 2.23. The summed E-state index contributed by atoms with van der Waals surface area (Å²) in [6.07, 6.45) is 3.01. The van der Waals surface area contributed by atoms with Gasteiger partial charge in [0.1, 0.15) is 0 Å². The normalized spacial score (nSPS) is 35.8. The van der Waals surface area contributed by atoms with Gasteiger partial charge in [0.2, 0.25) is 0 Å². The summed E-state index contributed by atoms with van der Waals surface area (Å²) in [4.78, 5) is 2.58. The van der Waals surface area contributed by atoms with E-state index in [4.69, 9.17) is 10.5 Å². The van der Waals surface area contributed by atoms with Crippen LogP contribution in [0.3, 0.4) is 0 Å². The maximum atomic E-state index is 5.64. The van der Waals surface area contributed by atoms with Gasteiger partial charge < -0.3 is 10.5 Å². The third kappa shape index (κ3) is 2.63. The minimum atomic E-state index is 0.274. The van der Waals surface area contributed by atoms with E-state index in [1.54, 1.807) is 0 Å². The van der Waals surface area contributed by atoms with Crippen molar-refractivity contribution in [1.82, 2.24) is 4.90 Å². The first kappa shape index (κ1) is 10.7. The number of rotatable bonds is 2. The molecule has 0 amide bonds. The average molecular weight is 216 g/mol. The Labute approximate surface area is 90.3 Å². The van der Waals surface area contributed by atoms with Crippen molar-refractivity contribution in [2.24, 2.45) is 5.73 Å². The molecule has 3 nitrogen and oxygen atoms in total. The van der Waals surface area contributed by atoms with E-state index in [0.29, 0.717) is 6.54 Å². The van der Waals surface area contributed by atoms with Gasteiger partial charge in [-0.25, -0.2) is 0 Å². The Morgan fingerprint density at radius 1 is 1.50 bits per heavy atom. The number of hydrogen-bond acceptors (Lipinski definition) is 4. The molecule has 0 aromatic rings. The van der Waals surface area contributed by atoms with Crippen LogP contribution in [-0.2, 0) is 4.74 Å². The van der Waals surface area contributed by atoms with Gasteiger partial charge in [0.05, 0.1) is 12.7 Å². The monoisotopic (exact) mass is 216 g/mol. The van der Waals surface area contributed by atoms with Crippen LogP contribution >= 0.6 is 11.8 Å². The van der Waals surface area contributed by atoms with Crippen LogP contribution in [0.4, 0.5) is 0 Å². The molecule has 2 heterocycles. The van der Waals surface area contributed by atoms with Crippen molar-refractivity contribution < 1.29 is 4.74 Å². The Balaban J connectivity index is 1.83. The van der Waals surface area contributed by atoms with Crippen molar-refractivity contribution in [1.29, 1.82) is 0 Å². The predicted molar refractivity (Wildman–Crippen MR) is 60.7 cm³/mol. The van der Waals surface area contributed by atoms with E-state index in [2.05, 4.69) is 16.7 Å². The molecule has 0 aromatic carbocycles. The lowest BCUT2D eigenvalue weighted by atomic mass is 10.1. The van der Waals surface area contributed by atoms with E-state index in [-0.39, 0.29) is 6.10 Å². The Morgan fingerprint density at radius 3 is 3.14 bits per heavy atom. The zero-order valence-corrected chi connectivity index (χ0v) is 9.47.